The van der Waals surface area contributed by atoms with Crippen molar-refractivity contribution >= 4 is 33.1 Å². The zero-order chi connectivity index (χ0) is 19.5. The number of rotatable bonds is 6. The van der Waals surface area contributed by atoms with Crippen molar-refractivity contribution in [2.75, 3.05) is 30.9 Å². The van der Waals surface area contributed by atoms with Crippen LogP contribution in [0.5, 0.6) is 11.5 Å². The van der Waals surface area contributed by atoms with Crippen LogP contribution in [0.4, 0.5) is 5.69 Å². The van der Waals surface area contributed by atoms with Gasteiger partial charge in [-0.1, -0.05) is 46.3 Å². The Morgan fingerprint density at radius 1 is 1.21 bits per heavy atom. The topological polar surface area (TPSA) is 50.8 Å². The van der Waals surface area contributed by atoms with Crippen LogP contribution in [-0.4, -0.2) is 42.4 Å². The van der Waals surface area contributed by atoms with Crippen molar-refractivity contribution in [2.45, 2.75) is 18.9 Å². The fraction of sp³-hybridized carbons (Fsp3) is 0.318. The number of methoxy groups -OCH3 is 1. The van der Waals surface area contributed by atoms with Crippen molar-refractivity contribution in [1.29, 1.82) is 0 Å². The van der Waals surface area contributed by atoms with E-state index in [0.717, 1.165) is 29.4 Å². The van der Waals surface area contributed by atoms with Crippen molar-refractivity contribution in [3.8, 4) is 11.5 Å². The Labute approximate surface area is 173 Å². The lowest BCUT2D eigenvalue weighted by Crippen LogP contribution is -2.34. The largest absolute Gasteiger partial charge is 0.493 e. The van der Waals surface area contributed by atoms with Gasteiger partial charge in [0.25, 0.3) is 5.91 Å². The number of fused-ring (bicyclic) bond motifs is 2. The number of halogens is 1. The average Bonchev–Trinajstić information content (AvgIpc) is 3.12. The molecular formula is C22H23BrN2O3. The zero-order valence-corrected chi connectivity index (χ0v) is 17.4. The molecule has 146 valence electrons. The highest BCUT2D eigenvalue weighted by atomic mass is 79.9. The number of ether oxygens (including phenoxy) is 2. The molecule has 0 aromatic heterocycles. The lowest BCUT2D eigenvalue weighted by atomic mass is 10.0. The Balaban J connectivity index is 1.64. The van der Waals surface area contributed by atoms with Gasteiger partial charge in [0.1, 0.15) is 0 Å². The van der Waals surface area contributed by atoms with Gasteiger partial charge in [-0.15, -0.1) is 0 Å². The molecular weight excluding hydrogens is 420 g/mol. The molecule has 0 radical (unpaired) electrons. The van der Waals surface area contributed by atoms with Gasteiger partial charge < -0.3 is 19.7 Å². The van der Waals surface area contributed by atoms with Gasteiger partial charge in [-0.25, -0.2) is 0 Å². The molecule has 5 nitrogen and oxygen atoms in total. The molecule has 2 heterocycles. The zero-order valence-electron chi connectivity index (χ0n) is 15.8. The third-order valence-corrected chi connectivity index (χ3v) is 5.68. The van der Waals surface area contributed by atoms with E-state index in [0.29, 0.717) is 30.2 Å². The minimum atomic E-state index is -0.0127. The summed E-state index contributed by atoms with van der Waals surface area (Å²) in [6.45, 7) is 1.28. The van der Waals surface area contributed by atoms with Crippen LogP contribution in [0.3, 0.4) is 0 Å². The summed E-state index contributed by atoms with van der Waals surface area (Å²) in [5.74, 6) is 1.22. The fourth-order valence-corrected chi connectivity index (χ4v) is 3.91. The van der Waals surface area contributed by atoms with Crippen molar-refractivity contribution < 1.29 is 14.3 Å². The highest BCUT2D eigenvalue weighted by Gasteiger charge is 2.34. The molecule has 1 atom stereocenters. The Morgan fingerprint density at radius 3 is 2.79 bits per heavy atom. The van der Waals surface area contributed by atoms with Crippen LogP contribution in [0.25, 0.3) is 5.57 Å². The molecule has 0 fully saturated rings. The molecule has 2 aliphatic rings. The highest BCUT2D eigenvalue weighted by molar-refractivity contribution is 9.09. The number of carbonyl (C=O) groups excluding carboxylic acids is 1. The molecule has 0 saturated heterocycles. The third-order valence-electron chi connectivity index (χ3n) is 5.12. The Morgan fingerprint density at radius 2 is 2.04 bits per heavy atom. The summed E-state index contributed by atoms with van der Waals surface area (Å²) < 4.78 is 11.3. The number of anilines is 1. The maximum absolute atomic E-state index is 13.3. The van der Waals surface area contributed by atoms with E-state index in [1.54, 1.807) is 13.2 Å². The van der Waals surface area contributed by atoms with Gasteiger partial charge in [0.2, 0.25) is 0 Å². The molecule has 0 bridgehead atoms. The van der Waals surface area contributed by atoms with Crippen LogP contribution in [-0.2, 0) is 0 Å². The predicted octanol–water partition coefficient (Wildman–Crippen LogP) is 4.54. The first-order chi connectivity index (χ1) is 13.7. The lowest BCUT2D eigenvalue weighted by molar-refractivity contribution is 0.0796. The summed E-state index contributed by atoms with van der Waals surface area (Å²) in [7, 11) is 1.60. The molecule has 1 N–H and O–H groups in total. The average molecular weight is 443 g/mol. The number of nitrogens with zero attached hydrogens (tertiary/aromatic N) is 1. The quantitative estimate of drug-likeness (QED) is 0.526. The standard InChI is InChI=1S/C22H23BrN2O3/c1-27-20-11-18-19(12-21(20)28-9-5-8-23)24-13-17-10-16(14-25(17)22(18)26)15-6-3-2-4-7-15/h2-4,6-7,11-12,14,17,24H,5,8-10,13H2,1H3/t17-/m0/s1. The van der Waals surface area contributed by atoms with Gasteiger partial charge in [0.15, 0.2) is 11.5 Å². The minimum absolute atomic E-state index is 0.0127. The molecule has 0 aliphatic carbocycles. The van der Waals surface area contributed by atoms with Crippen molar-refractivity contribution in [1.82, 2.24) is 4.90 Å². The number of alkyl halides is 1. The molecule has 28 heavy (non-hydrogen) atoms. The van der Waals surface area contributed by atoms with Gasteiger partial charge in [0.05, 0.1) is 31.0 Å². The molecule has 2 aliphatic heterocycles. The normalized spacial score (nSPS) is 17.9. The molecule has 2 aromatic rings. The number of amides is 1. The molecule has 0 unspecified atom stereocenters. The summed E-state index contributed by atoms with van der Waals surface area (Å²) in [6, 6.07) is 14.0. The molecule has 2 aromatic carbocycles. The second-order valence-electron chi connectivity index (χ2n) is 6.91. The SMILES string of the molecule is COc1cc2c(cc1OCCCBr)NC[C@@H]1CC(c3ccccc3)=CN1C2=O. The monoisotopic (exact) mass is 442 g/mol. The van der Waals surface area contributed by atoms with Crippen molar-refractivity contribution in [2.24, 2.45) is 0 Å². The van der Waals surface area contributed by atoms with Crippen molar-refractivity contribution in [3.63, 3.8) is 0 Å². The predicted molar refractivity (Wildman–Crippen MR) is 114 cm³/mol. The molecule has 0 spiro atoms. The molecule has 6 heteroatoms. The number of benzene rings is 2. The van der Waals surface area contributed by atoms with Crippen LogP contribution in [0, 0.1) is 0 Å². The van der Waals surface area contributed by atoms with Crippen LogP contribution in [0.1, 0.15) is 28.8 Å². The first-order valence-corrected chi connectivity index (χ1v) is 10.6. The summed E-state index contributed by atoms with van der Waals surface area (Å²) >= 11 is 3.41. The lowest BCUT2D eigenvalue weighted by Gasteiger charge is -2.20. The second-order valence-corrected chi connectivity index (χ2v) is 7.70. The van der Waals surface area contributed by atoms with Crippen LogP contribution in [0.2, 0.25) is 0 Å². The Hall–Kier alpha value is -2.47. The minimum Gasteiger partial charge on any atom is -0.493 e. The van der Waals surface area contributed by atoms with E-state index in [9.17, 15) is 4.79 Å². The molecule has 0 saturated carbocycles. The van der Waals surface area contributed by atoms with Crippen molar-refractivity contribution in [3.05, 3.63) is 59.8 Å². The fourth-order valence-electron chi connectivity index (χ4n) is 3.68. The molecule has 1 amide bonds. The Bertz CT molecular complexity index is 898. The second kappa shape index (κ2) is 8.27. The van der Waals surface area contributed by atoms with Gasteiger partial charge >= 0.3 is 0 Å². The smallest absolute Gasteiger partial charge is 0.260 e. The van der Waals surface area contributed by atoms with Crippen LogP contribution in [0.15, 0.2) is 48.7 Å². The van der Waals surface area contributed by atoms with E-state index in [2.05, 4.69) is 33.4 Å². The maximum Gasteiger partial charge on any atom is 0.260 e. The van der Waals surface area contributed by atoms with E-state index in [4.69, 9.17) is 9.47 Å². The summed E-state index contributed by atoms with van der Waals surface area (Å²) in [4.78, 5) is 15.1. The van der Waals surface area contributed by atoms with E-state index in [1.807, 2.05) is 35.4 Å². The van der Waals surface area contributed by atoms with Crippen LogP contribution < -0.4 is 14.8 Å². The first-order valence-electron chi connectivity index (χ1n) is 9.44. The van der Waals surface area contributed by atoms with E-state index in [-0.39, 0.29) is 11.9 Å². The summed E-state index contributed by atoms with van der Waals surface area (Å²) in [5, 5.41) is 4.32. The van der Waals surface area contributed by atoms with E-state index < -0.39 is 0 Å². The van der Waals surface area contributed by atoms with Gasteiger partial charge in [-0.2, -0.15) is 0 Å². The van der Waals surface area contributed by atoms with Gasteiger partial charge in [-0.05, 0) is 30.0 Å². The third kappa shape index (κ3) is 3.61. The van der Waals surface area contributed by atoms with Gasteiger partial charge in [-0.3, -0.25) is 4.79 Å². The van der Waals surface area contributed by atoms with E-state index in [1.165, 1.54) is 5.57 Å². The summed E-state index contributed by atoms with van der Waals surface area (Å²) in [5.41, 5.74) is 3.75. The highest BCUT2D eigenvalue weighted by Crippen LogP contribution is 2.39. The number of hydrogen-bond acceptors (Lipinski definition) is 4. The molecule has 4 rings (SSSR count). The number of carbonyl (C=O) groups is 1. The van der Waals surface area contributed by atoms with E-state index >= 15 is 0 Å². The number of hydrogen-bond donors (Lipinski definition) is 1. The van der Waals surface area contributed by atoms with Crippen LogP contribution >= 0.6 is 15.9 Å². The Kier molecular flexibility index (Phi) is 5.57. The maximum atomic E-state index is 13.3. The van der Waals surface area contributed by atoms with Gasteiger partial charge in [0, 0.05) is 24.1 Å². The summed E-state index contributed by atoms with van der Waals surface area (Å²) in [6.07, 6.45) is 3.73. The first kappa shape index (κ1) is 18.9. The number of nitrogens with one attached hydrogen (secondary N) is 1.